The average molecular weight is 477 g/mol. The third-order valence-electron chi connectivity index (χ3n) is 8.71. The van der Waals surface area contributed by atoms with E-state index in [0.29, 0.717) is 19.1 Å². The van der Waals surface area contributed by atoms with Crippen molar-refractivity contribution in [2.75, 3.05) is 40.0 Å². The number of rotatable bonds is 7. The first-order chi connectivity index (χ1) is 17.1. The Labute approximate surface area is 207 Å². The van der Waals surface area contributed by atoms with Gasteiger partial charge in [0.1, 0.15) is 18.5 Å². The van der Waals surface area contributed by atoms with Crippen LogP contribution in [0.1, 0.15) is 49.3 Å². The number of carbonyl (C=O) groups excluding carboxylic acids is 1. The van der Waals surface area contributed by atoms with Gasteiger partial charge in [-0.25, -0.2) is 4.79 Å². The summed E-state index contributed by atoms with van der Waals surface area (Å²) in [6.07, 6.45) is 6.66. The van der Waals surface area contributed by atoms with E-state index < -0.39 is 0 Å². The Balaban J connectivity index is 1.16. The van der Waals surface area contributed by atoms with E-state index in [1.54, 1.807) is 7.11 Å². The molecule has 1 amide bonds. The SMILES string of the molecule is COCCOc1ccc(-c2ccc3c(c2)CCC2(CC2)C3NC(=O)O[C@@H]2CN3CCC2CC3)cc1. The van der Waals surface area contributed by atoms with Gasteiger partial charge in [0.15, 0.2) is 0 Å². The molecular weight excluding hydrogens is 440 g/mol. The number of amides is 1. The third kappa shape index (κ3) is 4.66. The summed E-state index contributed by atoms with van der Waals surface area (Å²) in [6.45, 7) is 4.32. The highest BCUT2D eigenvalue weighted by molar-refractivity contribution is 5.70. The summed E-state index contributed by atoms with van der Waals surface area (Å²) in [4.78, 5) is 15.5. The van der Waals surface area contributed by atoms with Gasteiger partial charge in [-0.15, -0.1) is 0 Å². The Morgan fingerprint density at radius 1 is 1.03 bits per heavy atom. The first-order valence-corrected chi connectivity index (χ1v) is 13.2. The lowest BCUT2D eigenvalue weighted by Gasteiger charge is -2.44. The maximum absolute atomic E-state index is 13.0. The van der Waals surface area contributed by atoms with E-state index in [9.17, 15) is 4.79 Å². The van der Waals surface area contributed by atoms with Gasteiger partial charge < -0.3 is 19.5 Å². The highest BCUT2D eigenvalue weighted by atomic mass is 16.6. The number of alkyl carbamates (subject to hydrolysis) is 1. The molecule has 3 saturated heterocycles. The molecule has 1 saturated carbocycles. The fourth-order valence-corrected chi connectivity index (χ4v) is 6.39. The molecule has 4 fully saturated rings. The summed E-state index contributed by atoms with van der Waals surface area (Å²) in [5.74, 6) is 1.38. The molecule has 6 heteroatoms. The second kappa shape index (κ2) is 9.47. The number of nitrogens with zero attached hydrogens (tertiary/aromatic N) is 1. The van der Waals surface area contributed by atoms with E-state index in [4.69, 9.17) is 14.2 Å². The Hall–Kier alpha value is -2.57. The second-order valence-electron chi connectivity index (χ2n) is 10.8. The summed E-state index contributed by atoms with van der Waals surface area (Å²) in [5.41, 5.74) is 5.19. The largest absolute Gasteiger partial charge is 0.491 e. The number of aryl methyl sites for hydroxylation is 1. The predicted octanol–water partition coefficient (Wildman–Crippen LogP) is 4.97. The molecule has 0 aromatic heterocycles. The second-order valence-corrected chi connectivity index (χ2v) is 10.8. The van der Waals surface area contributed by atoms with E-state index in [0.717, 1.165) is 51.1 Å². The van der Waals surface area contributed by atoms with Crippen molar-refractivity contribution in [3.63, 3.8) is 0 Å². The molecule has 186 valence electrons. The third-order valence-corrected chi connectivity index (χ3v) is 8.71. The standard InChI is InChI=1S/C29H36N2O4/c1-33-16-17-34-24-5-2-20(3-6-24)22-4-7-25-23(18-22)8-11-29(12-13-29)27(25)30-28(32)35-26-19-31-14-9-21(26)10-15-31/h2-7,18,21,26-27H,8-17,19H2,1H3,(H,30,32)/t26-,27?/m1/s1. The van der Waals surface area contributed by atoms with E-state index in [2.05, 4.69) is 40.5 Å². The number of piperidine rings is 3. The molecule has 2 aromatic rings. The van der Waals surface area contributed by atoms with Crippen molar-refractivity contribution in [1.29, 1.82) is 0 Å². The lowest BCUT2D eigenvalue weighted by molar-refractivity contribution is -0.0347. The number of carbonyl (C=O) groups is 1. The van der Waals surface area contributed by atoms with Crippen molar-refractivity contribution in [3.05, 3.63) is 53.6 Å². The molecule has 2 atom stereocenters. The average Bonchev–Trinajstić information content (AvgIpc) is 3.67. The molecule has 6 nitrogen and oxygen atoms in total. The van der Waals surface area contributed by atoms with E-state index in [1.165, 1.54) is 35.1 Å². The number of hydrogen-bond donors (Lipinski definition) is 1. The van der Waals surface area contributed by atoms with Crippen LogP contribution in [0.25, 0.3) is 11.1 Å². The number of nitrogens with one attached hydrogen (secondary N) is 1. The zero-order chi connectivity index (χ0) is 23.8. The molecule has 35 heavy (non-hydrogen) atoms. The Morgan fingerprint density at radius 3 is 2.49 bits per heavy atom. The van der Waals surface area contributed by atoms with Crippen LogP contribution in [0.3, 0.4) is 0 Å². The van der Waals surface area contributed by atoms with Gasteiger partial charge in [0, 0.05) is 13.7 Å². The summed E-state index contributed by atoms with van der Waals surface area (Å²) in [5, 5.41) is 3.32. The molecule has 2 aliphatic carbocycles. The van der Waals surface area contributed by atoms with Crippen LogP contribution in [0.5, 0.6) is 5.75 Å². The number of hydrogen-bond acceptors (Lipinski definition) is 5. The molecule has 2 bridgehead atoms. The van der Waals surface area contributed by atoms with Crippen molar-refractivity contribution in [3.8, 4) is 16.9 Å². The number of benzene rings is 2. The van der Waals surface area contributed by atoms with Crippen molar-refractivity contribution in [1.82, 2.24) is 10.2 Å². The van der Waals surface area contributed by atoms with Gasteiger partial charge in [-0.1, -0.05) is 30.3 Å². The van der Waals surface area contributed by atoms with Gasteiger partial charge in [-0.05, 0) is 97.3 Å². The number of ether oxygens (including phenoxy) is 3. The molecule has 3 aliphatic heterocycles. The zero-order valence-electron chi connectivity index (χ0n) is 20.6. The van der Waals surface area contributed by atoms with Crippen LogP contribution in [-0.2, 0) is 15.9 Å². The minimum absolute atomic E-state index is 0.0412. The number of fused-ring (bicyclic) bond motifs is 4. The maximum atomic E-state index is 13.0. The van der Waals surface area contributed by atoms with Gasteiger partial charge in [0.25, 0.3) is 0 Å². The fraction of sp³-hybridized carbons (Fsp3) is 0.552. The molecule has 7 rings (SSSR count). The van der Waals surface area contributed by atoms with Crippen molar-refractivity contribution < 1.29 is 19.0 Å². The van der Waals surface area contributed by atoms with E-state index in [1.807, 2.05) is 12.1 Å². The zero-order valence-corrected chi connectivity index (χ0v) is 20.6. The molecule has 0 radical (unpaired) electrons. The van der Waals surface area contributed by atoms with Crippen LogP contribution in [-0.4, -0.2) is 57.1 Å². The topological polar surface area (TPSA) is 60.0 Å². The lowest BCUT2D eigenvalue weighted by atomic mass is 9.76. The molecular formula is C29H36N2O4. The first-order valence-electron chi connectivity index (χ1n) is 13.2. The van der Waals surface area contributed by atoms with Gasteiger partial charge in [0.05, 0.1) is 12.6 Å². The van der Waals surface area contributed by atoms with Crippen LogP contribution < -0.4 is 10.1 Å². The Bertz CT molecular complexity index is 1060. The van der Waals surface area contributed by atoms with Crippen LogP contribution in [0.15, 0.2) is 42.5 Å². The van der Waals surface area contributed by atoms with Crippen molar-refractivity contribution in [2.45, 2.75) is 50.7 Å². The molecule has 1 N–H and O–H groups in total. The van der Waals surface area contributed by atoms with E-state index in [-0.39, 0.29) is 23.7 Å². The molecule has 5 aliphatic rings. The summed E-state index contributed by atoms with van der Waals surface area (Å²) >= 11 is 0. The fourth-order valence-electron chi connectivity index (χ4n) is 6.39. The van der Waals surface area contributed by atoms with Crippen molar-refractivity contribution >= 4 is 6.09 Å². The molecule has 1 spiro atoms. The van der Waals surface area contributed by atoms with Crippen LogP contribution in [0.4, 0.5) is 4.79 Å². The molecule has 2 aromatic carbocycles. The maximum Gasteiger partial charge on any atom is 0.407 e. The summed E-state index contributed by atoms with van der Waals surface area (Å²) in [7, 11) is 1.68. The minimum Gasteiger partial charge on any atom is -0.491 e. The molecule has 1 unspecified atom stereocenters. The normalized spacial score (nSPS) is 27.8. The quantitative estimate of drug-likeness (QED) is 0.572. The van der Waals surface area contributed by atoms with E-state index >= 15 is 0 Å². The first kappa shape index (κ1) is 22.9. The molecule has 3 heterocycles. The van der Waals surface area contributed by atoms with Crippen LogP contribution in [0, 0.1) is 11.3 Å². The lowest BCUT2D eigenvalue weighted by Crippen LogP contribution is -2.53. The smallest absolute Gasteiger partial charge is 0.407 e. The van der Waals surface area contributed by atoms with Gasteiger partial charge in [-0.3, -0.25) is 4.90 Å². The number of methoxy groups -OCH3 is 1. The summed E-state index contributed by atoms with van der Waals surface area (Å²) in [6, 6.07) is 15.0. The highest BCUT2D eigenvalue weighted by Gasteiger charge is 2.53. The Kier molecular flexibility index (Phi) is 6.19. The van der Waals surface area contributed by atoms with Gasteiger partial charge in [-0.2, -0.15) is 0 Å². The van der Waals surface area contributed by atoms with Crippen LogP contribution in [0.2, 0.25) is 0 Å². The Morgan fingerprint density at radius 2 is 1.80 bits per heavy atom. The van der Waals surface area contributed by atoms with Gasteiger partial charge >= 0.3 is 6.09 Å². The van der Waals surface area contributed by atoms with Crippen LogP contribution >= 0.6 is 0 Å². The van der Waals surface area contributed by atoms with Crippen molar-refractivity contribution in [2.24, 2.45) is 11.3 Å². The monoisotopic (exact) mass is 476 g/mol. The highest BCUT2D eigenvalue weighted by Crippen LogP contribution is 2.61. The summed E-state index contributed by atoms with van der Waals surface area (Å²) < 4.78 is 16.7. The minimum atomic E-state index is -0.235. The van der Waals surface area contributed by atoms with Gasteiger partial charge in [0.2, 0.25) is 0 Å². The predicted molar refractivity (Wildman–Crippen MR) is 135 cm³/mol.